The summed E-state index contributed by atoms with van der Waals surface area (Å²) >= 11 is 0. The summed E-state index contributed by atoms with van der Waals surface area (Å²) in [4.78, 5) is 3.92. The highest BCUT2D eigenvalue weighted by Crippen LogP contribution is 2.07. The second-order valence-electron chi connectivity index (χ2n) is 3.47. The fourth-order valence-corrected chi connectivity index (χ4v) is 2.34. The molecular weight excluding hydrogens is 242 g/mol. The van der Waals surface area contributed by atoms with Crippen molar-refractivity contribution >= 4 is 10.0 Å². The van der Waals surface area contributed by atoms with Crippen molar-refractivity contribution in [2.75, 3.05) is 0 Å². The molecule has 0 aliphatic carbocycles. The molecule has 1 atom stereocenters. The Hall–Kier alpha value is -1.39. The molecular formula is C10H15N3O3S. The number of rotatable bonds is 6. The summed E-state index contributed by atoms with van der Waals surface area (Å²) in [5.41, 5.74) is 0. The fraction of sp³-hybridized carbons (Fsp3) is 0.600. The van der Waals surface area contributed by atoms with Gasteiger partial charge >= 0.3 is 0 Å². The van der Waals surface area contributed by atoms with E-state index in [9.17, 15) is 8.42 Å². The second-order valence-corrected chi connectivity index (χ2v) is 5.41. The number of aryl methyl sites for hydroxylation is 1. The van der Waals surface area contributed by atoms with Crippen LogP contribution in [0.15, 0.2) is 10.6 Å². The topological polar surface area (TPSA) is 96.0 Å². The Morgan fingerprint density at radius 3 is 2.76 bits per heavy atom. The molecule has 0 radical (unpaired) electrons. The van der Waals surface area contributed by atoms with Crippen LogP contribution in [-0.2, 0) is 23.0 Å². The molecule has 1 N–H and O–H groups in total. The quantitative estimate of drug-likeness (QED) is 0.818. The summed E-state index contributed by atoms with van der Waals surface area (Å²) in [6.07, 6.45) is 2.51. The molecule has 0 saturated carbocycles. The van der Waals surface area contributed by atoms with Crippen molar-refractivity contribution in [3.8, 4) is 6.07 Å². The summed E-state index contributed by atoms with van der Waals surface area (Å²) in [5, 5.41) is 7.65. The number of aromatic nitrogens is 1. The highest BCUT2D eigenvalue weighted by Gasteiger charge is 2.23. The number of oxazole rings is 1. The Morgan fingerprint density at radius 1 is 1.59 bits per heavy atom. The Balaban J connectivity index is 2.64. The Labute approximate surface area is 101 Å². The van der Waals surface area contributed by atoms with E-state index >= 15 is 0 Å². The molecule has 0 amide bonds. The first-order chi connectivity index (χ1) is 8.03. The molecule has 0 saturated heterocycles. The highest BCUT2D eigenvalue weighted by atomic mass is 32.2. The average molecular weight is 257 g/mol. The van der Waals surface area contributed by atoms with Gasteiger partial charge in [-0.2, -0.15) is 5.26 Å². The predicted octanol–water partition coefficient (Wildman–Crippen LogP) is 0.959. The fourth-order valence-electron chi connectivity index (χ4n) is 1.24. The molecule has 1 heterocycles. The van der Waals surface area contributed by atoms with E-state index in [4.69, 9.17) is 9.68 Å². The average Bonchev–Trinajstić information content (AvgIpc) is 2.75. The molecule has 0 spiro atoms. The minimum absolute atomic E-state index is 0.0273. The predicted molar refractivity (Wildman–Crippen MR) is 61.3 cm³/mol. The number of nitrogens with one attached hydrogen (secondary N) is 1. The zero-order chi connectivity index (χ0) is 12.9. The molecule has 17 heavy (non-hydrogen) atoms. The first-order valence-corrected chi connectivity index (χ1v) is 6.89. The molecule has 0 bridgehead atoms. The van der Waals surface area contributed by atoms with Crippen LogP contribution < -0.4 is 4.72 Å². The maximum absolute atomic E-state index is 11.6. The van der Waals surface area contributed by atoms with E-state index in [1.807, 2.05) is 6.92 Å². The number of hydrogen-bond donors (Lipinski definition) is 1. The Kier molecular flexibility index (Phi) is 4.66. The van der Waals surface area contributed by atoms with E-state index < -0.39 is 15.3 Å². The minimum Gasteiger partial charge on any atom is -0.444 e. The first-order valence-electron chi connectivity index (χ1n) is 5.35. The van der Waals surface area contributed by atoms with Gasteiger partial charge in [0.1, 0.15) is 5.76 Å². The van der Waals surface area contributed by atoms with Gasteiger partial charge in [0.05, 0.1) is 18.8 Å². The number of hydrogen-bond acceptors (Lipinski definition) is 5. The molecule has 0 aliphatic rings. The van der Waals surface area contributed by atoms with Gasteiger partial charge in [0.2, 0.25) is 15.9 Å². The molecule has 1 rings (SSSR count). The monoisotopic (exact) mass is 257 g/mol. The van der Waals surface area contributed by atoms with Crippen molar-refractivity contribution in [2.45, 2.75) is 38.5 Å². The van der Waals surface area contributed by atoms with Crippen LogP contribution in [0.25, 0.3) is 0 Å². The van der Waals surface area contributed by atoms with Gasteiger partial charge in [0.15, 0.2) is 5.25 Å². The third kappa shape index (κ3) is 3.54. The Bertz CT molecular complexity index is 501. The maximum atomic E-state index is 11.6. The van der Waals surface area contributed by atoms with Crippen molar-refractivity contribution in [3.63, 3.8) is 0 Å². The molecule has 0 aromatic carbocycles. The third-order valence-electron chi connectivity index (χ3n) is 2.26. The largest absolute Gasteiger partial charge is 0.444 e. The van der Waals surface area contributed by atoms with Crippen LogP contribution >= 0.6 is 0 Å². The summed E-state index contributed by atoms with van der Waals surface area (Å²) < 4.78 is 30.8. The molecule has 1 aromatic heterocycles. The van der Waals surface area contributed by atoms with Crippen LogP contribution in [0, 0.1) is 11.3 Å². The van der Waals surface area contributed by atoms with Crippen LogP contribution in [0.3, 0.4) is 0 Å². The van der Waals surface area contributed by atoms with Gasteiger partial charge in [-0.3, -0.25) is 0 Å². The third-order valence-corrected chi connectivity index (χ3v) is 4.00. The molecule has 1 unspecified atom stereocenters. The van der Waals surface area contributed by atoms with E-state index in [0.29, 0.717) is 18.1 Å². The SMILES string of the molecule is CCc1cnc(CNS(=O)(=O)C(C#N)CC)o1. The van der Waals surface area contributed by atoms with Crippen LogP contribution in [0.5, 0.6) is 0 Å². The number of nitriles is 1. The zero-order valence-corrected chi connectivity index (χ0v) is 10.6. The summed E-state index contributed by atoms with van der Waals surface area (Å²) in [7, 11) is -3.63. The van der Waals surface area contributed by atoms with Crippen LogP contribution in [0.4, 0.5) is 0 Å². The first kappa shape index (κ1) is 13.7. The van der Waals surface area contributed by atoms with Crippen LogP contribution in [0.2, 0.25) is 0 Å². The van der Waals surface area contributed by atoms with Crippen LogP contribution in [0.1, 0.15) is 31.9 Å². The van der Waals surface area contributed by atoms with Crippen molar-refractivity contribution in [1.29, 1.82) is 5.26 Å². The number of sulfonamides is 1. The van der Waals surface area contributed by atoms with E-state index in [0.717, 1.165) is 0 Å². The Morgan fingerprint density at radius 2 is 2.29 bits per heavy atom. The normalized spacial score (nSPS) is 13.2. The van der Waals surface area contributed by atoms with Gasteiger partial charge in [0.25, 0.3) is 0 Å². The van der Waals surface area contributed by atoms with E-state index in [1.165, 1.54) is 0 Å². The van der Waals surface area contributed by atoms with E-state index in [2.05, 4.69) is 9.71 Å². The van der Waals surface area contributed by atoms with Gasteiger partial charge in [-0.1, -0.05) is 13.8 Å². The molecule has 94 valence electrons. The van der Waals surface area contributed by atoms with Crippen LogP contribution in [-0.4, -0.2) is 18.7 Å². The molecule has 1 aromatic rings. The molecule has 0 fully saturated rings. The number of nitrogens with zero attached hydrogens (tertiary/aromatic N) is 2. The second kappa shape index (κ2) is 5.80. The van der Waals surface area contributed by atoms with Crippen molar-refractivity contribution in [2.24, 2.45) is 0 Å². The van der Waals surface area contributed by atoms with Gasteiger partial charge in [-0.05, 0) is 6.42 Å². The standard InChI is InChI=1S/C10H15N3O3S/c1-3-8-6-12-10(16-8)7-13-17(14,15)9(4-2)5-11/h6,9,13H,3-4,7H2,1-2H3. The lowest BCUT2D eigenvalue weighted by atomic mass is 10.4. The maximum Gasteiger partial charge on any atom is 0.228 e. The lowest BCUT2D eigenvalue weighted by Crippen LogP contribution is -2.32. The lowest BCUT2D eigenvalue weighted by Gasteiger charge is -2.08. The lowest BCUT2D eigenvalue weighted by molar-refractivity contribution is 0.451. The highest BCUT2D eigenvalue weighted by molar-refractivity contribution is 7.90. The van der Waals surface area contributed by atoms with Gasteiger partial charge in [0, 0.05) is 6.42 Å². The van der Waals surface area contributed by atoms with Crippen molar-refractivity contribution in [1.82, 2.24) is 9.71 Å². The molecule has 0 aliphatic heterocycles. The van der Waals surface area contributed by atoms with Gasteiger partial charge in [-0.25, -0.2) is 18.1 Å². The summed E-state index contributed by atoms with van der Waals surface area (Å²) in [6.45, 7) is 3.53. The summed E-state index contributed by atoms with van der Waals surface area (Å²) in [5.74, 6) is 1.00. The van der Waals surface area contributed by atoms with Crippen molar-refractivity contribution < 1.29 is 12.8 Å². The van der Waals surface area contributed by atoms with Gasteiger partial charge < -0.3 is 4.42 Å². The van der Waals surface area contributed by atoms with Crippen molar-refractivity contribution in [3.05, 3.63) is 17.8 Å². The zero-order valence-electron chi connectivity index (χ0n) is 9.80. The smallest absolute Gasteiger partial charge is 0.228 e. The van der Waals surface area contributed by atoms with Gasteiger partial charge in [-0.15, -0.1) is 0 Å². The van der Waals surface area contributed by atoms with E-state index in [-0.39, 0.29) is 13.0 Å². The molecule has 6 nitrogen and oxygen atoms in total. The molecule has 7 heteroatoms. The minimum atomic E-state index is -3.63. The summed E-state index contributed by atoms with van der Waals surface area (Å²) in [6, 6.07) is 1.74. The van der Waals surface area contributed by atoms with E-state index in [1.54, 1.807) is 19.2 Å².